The van der Waals surface area contributed by atoms with Crippen LogP contribution in [0.15, 0.2) is 56.7 Å². The highest BCUT2D eigenvalue weighted by Crippen LogP contribution is 2.18. The van der Waals surface area contributed by atoms with Gasteiger partial charge in [0.1, 0.15) is 17.6 Å². The zero-order chi connectivity index (χ0) is 19.7. The molecular formula is C20H19N3O5. The number of hydrogen-bond acceptors (Lipinski definition) is 6. The second-order valence-corrected chi connectivity index (χ2v) is 6.77. The first-order valence-corrected chi connectivity index (χ1v) is 9.00. The number of carbonyl (C=O) groups excluding carboxylic acids is 1. The SMILES string of the molecule is Cc1cc(OC2CN(C(=O)CCn3cnc4ccccc4c3=O)C2)cc(=O)o1. The maximum Gasteiger partial charge on any atom is 0.339 e. The summed E-state index contributed by atoms with van der Waals surface area (Å²) in [5.74, 6) is 0.868. The molecule has 1 aliphatic rings. The zero-order valence-electron chi connectivity index (χ0n) is 15.3. The Labute approximate surface area is 160 Å². The molecule has 0 bridgehead atoms. The van der Waals surface area contributed by atoms with E-state index in [2.05, 4.69) is 4.98 Å². The van der Waals surface area contributed by atoms with Crippen LogP contribution in [0.5, 0.6) is 5.75 Å². The smallest absolute Gasteiger partial charge is 0.339 e. The summed E-state index contributed by atoms with van der Waals surface area (Å²) in [6, 6.07) is 10.1. The van der Waals surface area contributed by atoms with Crippen LogP contribution >= 0.6 is 0 Å². The van der Waals surface area contributed by atoms with Gasteiger partial charge in [0.15, 0.2) is 0 Å². The lowest BCUT2D eigenvalue weighted by atomic mass is 10.1. The van der Waals surface area contributed by atoms with Crippen molar-refractivity contribution in [1.29, 1.82) is 0 Å². The number of rotatable bonds is 5. The van der Waals surface area contributed by atoms with Crippen molar-refractivity contribution in [3.63, 3.8) is 0 Å². The van der Waals surface area contributed by atoms with E-state index in [0.717, 1.165) is 0 Å². The Bertz CT molecular complexity index is 1140. The summed E-state index contributed by atoms with van der Waals surface area (Å²) < 4.78 is 12.0. The minimum Gasteiger partial charge on any atom is -0.486 e. The number of nitrogens with zero attached hydrogens (tertiary/aromatic N) is 3. The average molecular weight is 381 g/mol. The van der Waals surface area contributed by atoms with Gasteiger partial charge in [0.05, 0.1) is 36.4 Å². The molecule has 0 aliphatic carbocycles. The van der Waals surface area contributed by atoms with E-state index in [0.29, 0.717) is 35.5 Å². The molecule has 1 aromatic carbocycles. The molecule has 0 N–H and O–H groups in total. The average Bonchev–Trinajstić information content (AvgIpc) is 2.63. The number of amides is 1. The van der Waals surface area contributed by atoms with Gasteiger partial charge in [0.2, 0.25) is 5.91 Å². The fraction of sp³-hybridized carbons (Fsp3) is 0.300. The van der Waals surface area contributed by atoms with E-state index in [1.54, 1.807) is 36.1 Å². The van der Waals surface area contributed by atoms with Crippen LogP contribution in [0.25, 0.3) is 10.9 Å². The molecule has 3 aromatic rings. The largest absolute Gasteiger partial charge is 0.486 e. The summed E-state index contributed by atoms with van der Waals surface area (Å²) in [6.07, 6.45) is 1.53. The standard InChI is InChI=1S/C20H19N3O5/c1-13-8-14(9-19(25)27-13)28-15-10-23(11-15)18(24)6-7-22-12-21-17-5-3-2-4-16(17)20(22)26/h2-5,8-9,12,15H,6-7,10-11H2,1H3. The molecule has 1 fully saturated rings. The summed E-state index contributed by atoms with van der Waals surface area (Å²) in [7, 11) is 0. The van der Waals surface area contributed by atoms with Gasteiger partial charge in [-0.2, -0.15) is 0 Å². The van der Waals surface area contributed by atoms with Crippen molar-refractivity contribution in [1.82, 2.24) is 14.5 Å². The van der Waals surface area contributed by atoms with Crippen LogP contribution in [0.4, 0.5) is 0 Å². The Balaban J connectivity index is 1.32. The minimum atomic E-state index is -0.461. The summed E-state index contributed by atoms with van der Waals surface area (Å²) in [5, 5.41) is 0.539. The molecule has 8 heteroatoms. The van der Waals surface area contributed by atoms with Gasteiger partial charge < -0.3 is 14.1 Å². The lowest BCUT2D eigenvalue weighted by Crippen LogP contribution is -2.56. The summed E-state index contributed by atoms with van der Waals surface area (Å²) in [5.41, 5.74) is 0.0289. The second-order valence-electron chi connectivity index (χ2n) is 6.77. The third-order valence-corrected chi connectivity index (χ3v) is 4.67. The molecule has 28 heavy (non-hydrogen) atoms. The van der Waals surface area contributed by atoms with Crippen LogP contribution in [0, 0.1) is 6.92 Å². The Hall–Kier alpha value is -3.42. The van der Waals surface area contributed by atoms with Crippen molar-refractivity contribution >= 4 is 16.8 Å². The van der Waals surface area contributed by atoms with Crippen molar-refractivity contribution in [3.8, 4) is 5.75 Å². The Morgan fingerprint density at radius 1 is 1.25 bits per heavy atom. The molecule has 1 amide bonds. The quantitative estimate of drug-likeness (QED) is 0.662. The number of aryl methyl sites for hydroxylation is 2. The lowest BCUT2D eigenvalue weighted by molar-refractivity contribution is -0.140. The van der Waals surface area contributed by atoms with E-state index in [1.165, 1.54) is 17.0 Å². The van der Waals surface area contributed by atoms with Gasteiger partial charge >= 0.3 is 5.63 Å². The second kappa shape index (κ2) is 7.30. The topological polar surface area (TPSA) is 94.6 Å². The van der Waals surface area contributed by atoms with Gasteiger partial charge in [0, 0.05) is 19.0 Å². The third kappa shape index (κ3) is 3.66. The van der Waals surface area contributed by atoms with E-state index < -0.39 is 5.63 Å². The first-order valence-electron chi connectivity index (χ1n) is 9.00. The van der Waals surface area contributed by atoms with Gasteiger partial charge in [-0.05, 0) is 19.1 Å². The van der Waals surface area contributed by atoms with Crippen LogP contribution in [0.1, 0.15) is 12.2 Å². The fourth-order valence-corrected chi connectivity index (χ4v) is 3.19. The van der Waals surface area contributed by atoms with Crippen molar-refractivity contribution in [2.75, 3.05) is 13.1 Å². The molecule has 2 aromatic heterocycles. The molecule has 0 saturated carbocycles. The highest BCUT2D eigenvalue weighted by atomic mass is 16.5. The monoisotopic (exact) mass is 381 g/mol. The molecule has 0 radical (unpaired) electrons. The van der Waals surface area contributed by atoms with E-state index in [4.69, 9.17) is 9.15 Å². The van der Waals surface area contributed by atoms with Crippen LogP contribution in [-0.2, 0) is 11.3 Å². The number of para-hydroxylation sites is 1. The Kier molecular flexibility index (Phi) is 4.68. The van der Waals surface area contributed by atoms with Gasteiger partial charge in [-0.15, -0.1) is 0 Å². The first-order chi connectivity index (χ1) is 13.5. The van der Waals surface area contributed by atoms with Crippen molar-refractivity contribution in [2.24, 2.45) is 0 Å². The highest BCUT2D eigenvalue weighted by Gasteiger charge is 2.32. The van der Waals surface area contributed by atoms with Gasteiger partial charge in [-0.1, -0.05) is 12.1 Å². The van der Waals surface area contributed by atoms with Crippen LogP contribution in [0.3, 0.4) is 0 Å². The van der Waals surface area contributed by atoms with Crippen LogP contribution in [-0.4, -0.2) is 39.6 Å². The molecule has 8 nitrogen and oxygen atoms in total. The minimum absolute atomic E-state index is 0.0522. The number of ether oxygens (including phenoxy) is 1. The molecule has 1 aliphatic heterocycles. The maximum atomic E-state index is 12.4. The van der Waals surface area contributed by atoms with Crippen LogP contribution in [0.2, 0.25) is 0 Å². The Morgan fingerprint density at radius 3 is 2.82 bits per heavy atom. The summed E-state index contributed by atoms with van der Waals surface area (Å²) in [6.45, 7) is 2.84. The zero-order valence-corrected chi connectivity index (χ0v) is 15.3. The van der Waals surface area contributed by atoms with Gasteiger partial charge in [-0.3, -0.25) is 14.2 Å². The molecule has 0 atom stereocenters. The normalized spacial score (nSPS) is 14.1. The predicted octanol–water partition coefficient (Wildman–Crippen LogP) is 1.34. The first kappa shape index (κ1) is 18.0. The molecule has 4 rings (SSSR count). The summed E-state index contributed by atoms with van der Waals surface area (Å²) in [4.78, 5) is 42.1. The van der Waals surface area contributed by atoms with E-state index >= 15 is 0 Å². The van der Waals surface area contributed by atoms with Crippen LogP contribution < -0.4 is 15.9 Å². The van der Waals surface area contributed by atoms with Gasteiger partial charge in [-0.25, -0.2) is 9.78 Å². The number of fused-ring (bicyclic) bond motifs is 1. The van der Waals surface area contributed by atoms with E-state index in [9.17, 15) is 14.4 Å². The Morgan fingerprint density at radius 2 is 2.04 bits per heavy atom. The highest BCUT2D eigenvalue weighted by molar-refractivity contribution is 5.78. The number of aromatic nitrogens is 2. The van der Waals surface area contributed by atoms with Gasteiger partial charge in [0.25, 0.3) is 5.56 Å². The number of carbonyl (C=O) groups is 1. The number of likely N-dealkylation sites (tertiary alicyclic amines) is 1. The molecule has 3 heterocycles. The third-order valence-electron chi connectivity index (χ3n) is 4.67. The molecule has 144 valence electrons. The summed E-state index contributed by atoms with van der Waals surface area (Å²) >= 11 is 0. The predicted molar refractivity (Wildman–Crippen MR) is 101 cm³/mol. The number of benzene rings is 1. The van der Waals surface area contributed by atoms with Crippen molar-refractivity contribution in [2.45, 2.75) is 26.0 Å². The molecule has 0 unspecified atom stereocenters. The maximum absolute atomic E-state index is 12.4. The molecule has 0 spiro atoms. The number of hydrogen-bond donors (Lipinski definition) is 0. The van der Waals surface area contributed by atoms with E-state index in [-0.39, 0.29) is 30.5 Å². The van der Waals surface area contributed by atoms with E-state index in [1.807, 2.05) is 6.07 Å². The van der Waals surface area contributed by atoms with Crippen molar-refractivity contribution < 1.29 is 13.9 Å². The lowest BCUT2D eigenvalue weighted by Gasteiger charge is -2.39. The van der Waals surface area contributed by atoms with Crippen molar-refractivity contribution in [3.05, 3.63) is 69.3 Å². The fourth-order valence-electron chi connectivity index (χ4n) is 3.19. The molecule has 1 saturated heterocycles. The molecular weight excluding hydrogens is 362 g/mol.